The van der Waals surface area contributed by atoms with E-state index in [1.807, 2.05) is 48.0 Å². The molecule has 2 N–H and O–H groups in total. The highest BCUT2D eigenvalue weighted by molar-refractivity contribution is 6.30. The van der Waals surface area contributed by atoms with E-state index in [-0.39, 0.29) is 0 Å². The van der Waals surface area contributed by atoms with Gasteiger partial charge in [0.1, 0.15) is 18.3 Å². The van der Waals surface area contributed by atoms with Crippen LogP contribution in [0.1, 0.15) is 50.7 Å². The van der Waals surface area contributed by atoms with Crippen molar-refractivity contribution >= 4 is 29.3 Å². The normalized spacial score (nSPS) is 15.0. The first-order valence-corrected chi connectivity index (χ1v) is 11.3. The first-order chi connectivity index (χ1) is 15.3. The summed E-state index contributed by atoms with van der Waals surface area (Å²) in [7, 11) is 0. The number of nitrogens with two attached hydrogens (primary N) is 1. The fourth-order valence-corrected chi connectivity index (χ4v) is 4.62. The van der Waals surface area contributed by atoms with Crippen molar-refractivity contribution in [3.8, 4) is 0 Å². The predicted octanol–water partition coefficient (Wildman–Crippen LogP) is 6.11. The molecule has 0 fully saturated rings. The van der Waals surface area contributed by atoms with Crippen LogP contribution in [0.15, 0.2) is 61.2 Å². The SMILES string of the molecule is CCCCC(Cn1cncn1)(CC(C)(OC(N)=O)c1ccc(Cl)cc1)c1ccc(Cl)cc1. The van der Waals surface area contributed by atoms with Crippen LogP contribution in [0.4, 0.5) is 4.79 Å². The molecule has 3 rings (SSSR count). The van der Waals surface area contributed by atoms with Crippen LogP contribution in [0.2, 0.25) is 10.0 Å². The number of nitrogens with zero attached hydrogens (tertiary/aromatic N) is 3. The largest absolute Gasteiger partial charge is 0.438 e. The van der Waals surface area contributed by atoms with Crippen LogP contribution < -0.4 is 5.73 Å². The van der Waals surface area contributed by atoms with E-state index in [0.717, 1.165) is 30.4 Å². The second kappa shape index (κ2) is 10.4. The lowest BCUT2D eigenvalue weighted by Gasteiger charge is -2.42. The van der Waals surface area contributed by atoms with Gasteiger partial charge < -0.3 is 10.5 Å². The van der Waals surface area contributed by atoms with Gasteiger partial charge in [-0.3, -0.25) is 4.68 Å². The van der Waals surface area contributed by atoms with Crippen molar-refractivity contribution in [2.45, 2.75) is 57.1 Å². The first kappa shape index (κ1) is 24.1. The van der Waals surface area contributed by atoms with Crippen LogP contribution in [0, 0.1) is 0 Å². The Bertz CT molecular complexity index is 1010. The number of unbranched alkanes of at least 4 members (excludes halogenated alkanes) is 1. The minimum absolute atomic E-state index is 0.432. The molecule has 6 nitrogen and oxygen atoms in total. The standard InChI is InChI=1S/C24H28Cl2N4O2/c1-3-4-13-24(15-30-17-28-16-29-30,19-7-11-21(26)12-8-19)14-23(2,32-22(27)31)18-5-9-20(25)10-6-18/h5-12,16-17H,3-4,13-15H2,1-2H3,(H2,27,31). The Morgan fingerprint density at radius 2 is 1.66 bits per heavy atom. The van der Waals surface area contributed by atoms with E-state index in [1.54, 1.807) is 18.5 Å². The molecular formula is C24H28Cl2N4O2. The molecule has 8 heteroatoms. The van der Waals surface area contributed by atoms with Crippen LogP contribution in [0.5, 0.6) is 0 Å². The van der Waals surface area contributed by atoms with E-state index in [2.05, 4.69) is 17.0 Å². The van der Waals surface area contributed by atoms with Crippen molar-refractivity contribution in [2.75, 3.05) is 0 Å². The highest BCUT2D eigenvalue weighted by Crippen LogP contribution is 2.45. The number of rotatable bonds is 10. The van der Waals surface area contributed by atoms with Crippen molar-refractivity contribution in [1.82, 2.24) is 14.8 Å². The van der Waals surface area contributed by atoms with E-state index in [9.17, 15) is 4.79 Å². The molecule has 0 radical (unpaired) electrons. The molecule has 1 heterocycles. The summed E-state index contributed by atoms with van der Waals surface area (Å²) < 4.78 is 7.60. The van der Waals surface area contributed by atoms with Crippen LogP contribution in [0.3, 0.4) is 0 Å². The molecule has 1 aromatic heterocycles. The number of carbonyl (C=O) groups is 1. The van der Waals surface area contributed by atoms with Crippen molar-refractivity contribution in [1.29, 1.82) is 0 Å². The maximum absolute atomic E-state index is 12.0. The number of ether oxygens (including phenoxy) is 1. The number of hydrogen-bond acceptors (Lipinski definition) is 4. The fraction of sp³-hybridized carbons (Fsp3) is 0.375. The number of amides is 1. The molecular weight excluding hydrogens is 447 g/mol. The molecule has 3 aromatic rings. The van der Waals surface area contributed by atoms with Crippen molar-refractivity contribution in [2.24, 2.45) is 5.73 Å². The minimum atomic E-state index is -0.996. The van der Waals surface area contributed by atoms with Gasteiger partial charge in [0.05, 0.1) is 6.54 Å². The smallest absolute Gasteiger partial charge is 0.405 e. The molecule has 0 aliphatic rings. The zero-order valence-corrected chi connectivity index (χ0v) is 19.8. The third-order valence-electron chi connectivity index (χ3n) is 5.85. The topological polar surface area (TPSA) is 83.0 Å². The second-order valence-electron chi connectivity index (χ2n) is 8.32. The molecule has 0 bridgehead atoms. The maximum atomic E-state index is 12.0. The van der Waals surface area contributed by atoms with Gasteiger partial charge in [0, 0.05) is 21.9 Å². The number of aromatic nitrogens is 3. The summed E-state index contributed by atoms with van der Waals surface area (Å²) in [4.78, 5) is 16.1. The molecule has 170 valence electrons. The Hall–Kier alpha value is -2.57. The number of benzene rings is 2. The zero-order chi connectivity index (χ0) is 23.2. The van der Waals surface area contributed by atoms with Gasteiger partial charge in [0.15, 0.2) is 0 Å². The quantitative estimate of drug-likeness (QED) is 0.383. The number of carbonyl (C=O) groups excluding carboxylic acids is 1. The third kappa shape index (κ3) is 5.81. The minimum Gasteiger partial charge on any atom is -0.438 e. The second-order valence-corrected chi connectivity index (χ2v) is 9.19. The van der Waals surface area contributed by atoms with E-state index in [1.165, 1.54) is 6.33 Å². The Morgan fingerprint density at radius 3 is 2.16 bits per heavy atom. The molecule has 2 atom stereocenters. The van der Waals surface area contributed by atoms with E-state index < -0.39 is 17.1 Å². The molecule has 0 aliphatic heterocycles. The summed E-state index contributed by atoms with van der Waals surface area (Å²) in [6, 6.07) is 15.1. The van der Waals surface area contributed by atoms with Crippen LogP contribution in [-0.2, 0) is 22.3 Å². The highest BCUT2D eigenvalue weighted by Gasteiger charge is 2.43. The Kier molecular flexibility index (Phi) is 7.80. The van der Waals surface area contributed by atoms with Gasteiger partial charge in [-0.05, 0) is 48.7 Å². The van der Waals surface area contributed by atoms with E-state index in [4.69, 9.17) is 33.7 Å². The lowest BCUT2D eigenvalue weighted by Crippen LogP contribution is -2.43. The van der Waals surface area contributed by atoms with Gasteiger partial charge in [-0.2, -0.15) is 5.10 Å². The number of halogens is 2. The molecule has 2 aromatic carbocycles. The third-order valence-corrected chi connectivity index (χ3v) is 6.36. The van der Waals surface area contributed by atoms with Gasteiger partial charge in [0.25, 0.3) is 0 Å². The maximum Gasteiger partial charge on any atom is 0.405 e. The van der Waals surface area contributed by atoms with Crippen LogP contribution >= 0.6 is 23.2 Å². The molecule has 0 saturated heterocycles. The molecule has 1 amide bonds. The zero-order valence-electron chi connectivity index (χ0n) is 18.3. The average molecular weight is 475 g/mol. The van der Waals surface area contributed by atoms with E-state index >= 15 is 0 Å². The lowest BCUT2D eigenvalue weighted by atomic mass is 9.68. The molecule has 2 unspecified atom stereocenters. The monoisotopic (exact) mass is 474 g/mol. The van der Waals surface area contributed by atoms with Crippen molar-refractivity contribution in [3.63, 3.8) is 0 Å². The van der Waals surface area contributed by atoms with Gasteiger partial charge in [0.2, 0.25) is 0 Å². The van der Waals surface area contributed by atoms with E-state index in [0.29, 0.717) is 23.0 Å². The van der Waals surface area contributed by atoms with Gasteiger partial charge in [-0.25, -0.2) is 9.78 Å². The summed E-state index contributed by atoms with van der Waals surface area (Å²) in [5.74, 6) is 0. The summed E-state index contributed by atoms with van der Waals surface area (Å²) in [6.45, 7) is 4.60. The summed E-state index contributed by atoms with van der Waals surface area (Å²) >= 11 is 12.3. The van der Waals surface area contributed by atoms with Gasteiger partial charge in [-0.1, -0.05) is 67.2 Å². The Labute approximate surface area is 198 Å². The number of primary amides is 1. The molecule has 0 spiro atoms. The van der Waals surface area contributed by atoms with Crippen LogP contribution in [0.25, 0.3) is 0 Å². The summed E-state index contributed by atoms with van der Waals surface area (Å²) in [5, 5.41) is 5.62. The fourth-order valence-electron chi connectivity index (χ4n) is 4.37. The molecule has 0 aliphatic carbocycles. The number of hydrogen-bond donors (Lipinski definition) is 1. The Morgan fingerprint density at radius 1 is 1.06 bits per heavy atom. The van der Waals surface area contributed by atoms with Crippen molar-refractivity contribution < 1.29 is 9.53 Å². The predicted molar refractivity (Wildman–Crippen MR) is 127 cm³/mol. The Balaban J connectivity index is 2.14. The first-order valence-electron chi connectivity index (χ1n) is 10.6. The van der Waals surface area contributed by atoms with Gasteiger partial charge >= 0.3 is 6.09 Å². The summed E-state index contributed by atoms with van der Waals surface area (Å²) in [5.41, 5.74) is 6.00. The lowest BCUT2D eigenvalue weighted by molar-refractivity contribution is -0.00355. The molecule has 32 heavy (non-hydrogen) atoms. The average Bonchev–Trinajstić information content (AvgIpc) is 3.25. The molecule has 0 saturated carbocycles. The highest BCUT2D eigenvalue weighted by atomic mass is 35.5. The van der Waals surface area contributed by atoms with Gasteiger partial charge in [-0.15, -0.1) is 0 Å². The summed E-state index contributed by atoms with van der Waals surface area (Å²) in [6.07, 6.45) is 5.70. The van der Waals surface area contributed by atoms with Crippen molar-refractivity contribution in [3.05, 3.63) is 82.4 Å². The van der Waals surface area contributed by atoms with Crippen LogP contribution in [-0.4, -0.2) is 20.9 Å².